The van der Waals surface area contributed by atoms with Crippen molar-refractivity contribution in [3.63, 3.8) is 0 Å². The maximum Gasteiger partial charge on any atom is 0.252 e. The van der Waals surface area contributed by atoms with E-state index in [1.807, 2.05) is 50.2 Å². The number of nitrogens with zero attached hydrogens (tertiary/aromatic N) is 4. The second-order valence-corrected chi connectivity index (χ2v) is 6.10. The van der Waals surface area contributed by atoms with Crippen LogP contribution >= 0.6 is 0 Å². The SMILES string of the molecule is Cc1cc(C)n2nc(CC(=O)NCC(O)Cc3ccccc3)nc2n1. The molecule has 2 N–H and O–H groups in total. The summed E-state index contributed by atoms with van der Waals surface area (Å²) >= 11 is 0. The van der Waals surface area contributed by atoms with Crippen molar-refractivity contribution in [2.75, 3.05) is 6.54 Å². The number of hydrogen-bond acceptors (Lipinski definition) is 5. The van der Waals surface area contributed by atoms with E-state index in [0.717, 1.165) is 17.0 Å². The highest BCUT2D eigenvalue weighted by atomic mass is 16.3. The number of amides is 1. The van der Waals surface area contributed by atoms with Crippen molar-refractivity contribution >= 4 is 11.7 Å². The number of nitrogens with one attached hydrogen (secondary N) is 1. The minimum absolute atomic E-state index is 0.0555. The molecule has 1 unspecified atom stereocenters. The summed E-state index contributed by atoms with van der Waals surface area (Å²) < 4.78 is 1.62. The molecule has 0 bridgehead atoms. The van der Waals surface area contributed by atoms with Crippen molar-refractivity contribution in [3.8, 4) is 0 Å². The lowest BCUT2D eigenvalue weighted by atomic mass is 10.1. The number of fused-ring (bicyclic) bond motifs is 1. The smallest absolute Gasteiger partial charge is 0.252 e. The number of aliphatic hydroxyl groups is 1. The van der Waals surface area contributed by atoms with Gasteiger partial charge in [0.1, 0.15) is 0 Å². The highest BCUT2D eigenvalue weighted by molar-refractivity contribution is 5.77. The average Bonchev–Trinajstić information content (AvgIpc) is 2.96. The number of hydrogen-bond donors (Lipinski definition) is 2. The minimum atomic E-state index is -0.632. The van der Waals surface area contributed by atoms with Crippen LogP contribution in [0.4, 0.5) is 0 Å². The zero-order valence-electron chi connectivity index (χ0n) is 14.3. The Morgan fingerprint density at radius 2 is 2.00 bits per heavy atom. The first kappa shape index (κ1) is 17.0. The Balaban J connectivity index is 1.55. The van der Waals surface area contributed by atoms with Crippen molar-refractivity contribution in [1.82, 2.24) is 24.9 Å². The maximum absolute atomic E-state index is 12.1. The number of aromatic nitrogens is 4. The zero-order valence-corrected chi connectivity index (χ0v) is 14.3. The van der Waals surface area contributed by atoms with E-state index in [2.05, 4.69) is 20.4 Å². The van der Waals surface area contributed by atoms with Crippen LogP contribution in [0.1, 0.15) is 22.8 Å². The molecule has 1 atom stereocenters. The van der Waals surface area contributed by atoms with Gasteiger partial charge in [-0.3, -0.25) is 4.79 Å². The lowest BCUT2D eigenvalue weighted by Crippen LogP contribution is -2.34. The molecule has 0 radical (unpaired) electrons. The van der Waals surface area contributed by atoms with Gasteiger partial charge >= 0.3 is 0 Å². The maximum atomic E-state index is 12.1. The molecule has 0 fully saturated rings. The molecule has 1 aromatic carbocycles. The van der Waals surface area contributed by atoms with Gasteiger partial charge < -0.3 is 10.4 Å². The van der Waals surface area contributed by atoms with Crippen LogP contribution in [0.15, 0.2) is 36.4 Å². The molecule has 1 amide bonds. The van der Waals surface area contributed by atoms with Gasteiger partial charge in [0, 0.05) is 24.4 Å². The molecule has 3 rings (SSSR count). The lowest BCUT2D eigenvalue weighted by molar-refractivity contribution is -0.121. The van der Waals surface area contributed by atoms with Crippen LogP contribution in [0.5, 0.6) is 0 Å². The molecule has 0 aliphatic heterocycles. The van der Waals surface area contributed by atoms with Gasteiger partial charge in [0.05, 0.1) is 12.5 Å². The molecular formula is C18H21N5O2. The Hall–Kier alpha value is -2.80. The predicted molar refractivity (Wildman–Crippen MR) is 93.1 cm³/mol. The van der Waals surface area contributed by atoms with Gasteiger partial charge in [-0.1, -0.05) is 30.3 Å². The van der Waals surface area contributed by atoms with Crippen LogP contribution in [0.3, 0.4) is 0 Å². The summed E-state index contributed by atoms with van der Waals surface area (Å²) in [4.78, 5) is 20.7. The van der Waals surface area contributed by atoms with Crippen molar-refractivity contribution in [2.45, 2.75) is 32.8 Å². The minimum Gasteiger partial charge on any atom is -0.391 e. The molecule has 0 aliphatic rings. The van der Waals surface area contributed by atoms with Gasteiger partial charge in [0.25, 0.3) is 5.78 Å². The molecule has 2 heterocycles. The Morgan fingerprint density at radius 3 is 2.76 bits per heavy atom. The summed E-state index contributed by atoms with van der Waals surface area (Å²) in [6, 6.07) is 11.6. The third-order valence-corrected chi connectivity index (χ3v) is 3.83. The van der Waals surface area contributed by atoms with Gasteiger partial charge in [-0.25, -0.2) is 9.50 Å². The highest BCUT2D eigenvalue weighted by Gasteiger charge is 2.13. The Bertz CT molecular complexity index is 876. The van der Waals surface area contributed by atoms with Gasteiger partial charge in [0.2, 0.25) is 5.91 Å². The molecule has 7 heteroatoms. The Kier molecular flexibility index (Phi) is 5.04. The van der Waals surface area contributed by atoms with E-state index >= 15 is 0 Å². The van der Waals surface area contributed by atoms with Crippen LogP contribution in [-0.4, -0.2) is 43.2 Å². The van der Waals surface area contributed by atoms with Crippen LogP contribution in [0.2, 0.25) is 0 Å². The van der Waals surface area contributed by atoms with Gasteiger partial charge in [-0.05, 0) is 25.5 Å². The quantitative estimate of drug-likeness (QED) is 0.699. The molecule has 25 heavy (non-hydrogen) atoms. The summed E-state index contributed by atoms with van der Waals surface area (Å²) in [7, 11) is 0. The fourth-order valence-electron chi connectivity index (χ4n) is 2.68. The fourth-order valence-corrected chi connectivity index (χ4v) is 2.68. The highest BCUT2D eigenvalue weighted by Crippen LogP contribution is 2.06. The number of carbonyl (C=O) groups excluding carboxylic acids is 1. The van der Waals surface area contributed by atoms with E-state index in [1.165, 1.54) is 0 Å². The summed E-state index contributed by atoms with van der Waals surface area (Å²) in [5, 5.41) is 17.1. The van der Waals surface area contributed by atoms with E-state index in [-0.39, 0.29) is 18.9 Å². The van der Waals surface area contributed by atoms with E-state index in [9.17, 15) is 9.90 Å². The summed E-state index contributed by atoms with van der Waals surface area (Å²) in [6.07, 6.45) is -0.0808. The first-order valence-corrected chi connectivity index (χ1v) is 8.20. The number of aryl methyl sites for hydroxylation is 2. The first-order chi connectivity index (χ1) is 12.0. The topological polar surface area (TPSA) is 92.4 Å². The van der Waals surface area contributed by atoms with E-state index < -0.39 is 6.10 Å². The van der Waals surface area contributed by atoms with Crippen LogP contribution < -0.4 is 5.32 Å². The molecule has 0 spiro atoms. The van der Waals surface area contributed by atoms with Crippen LogP contribution in [0.25, 0.3) is 5.78 Å². The number of benzene rings is 1. The molecule has 130 valence electrons. The monoisotopic (exact) mass is 339 g/mol. The molecular weight excluding hydrogens is 318 g/mol. The zero-order chi connectivity index (χ0) is 17.8. The Morgan fingerprint density at radius 1 is 1.24 bits per heavy atom. The first-order valence-electron chi connectivity index (χ1n) is 8.20. The van der Waals surface area contributed by atoms with Gasteiger partial charge in [-0.2, -0.15) is 4.98 Å². The van der Waals surface area contributed by atoms with Gasteiger partial charge in [0.15, 0.2) is 5.82 Å². The second kappa shape index (κ2) is 7.40. The summed E-state index contributed by atoms with van der Waals surface area (Å²) in [5.74, 6) is 0.679. The Labute approximate surface area is 145 Å². The predicted octanol–water partition coefficient (Wildman–Crippen LogP) is 1.00. The van der Waals surface area contributed by atoms with E-state index in [1.54, 1.807) is 4.52 Å². The van der Waals surface area contributed by atoms with Crippen molar-refractivity contribution < 1.29 is 9.90 Å². The van der Waals surface area contributed by atoms with E-state index in [4.69, 9.17) is 0 Å². The van der Waals surface area contributed by atoms with Crippen molar-refractivity contribution in [1.29, 1.82) is 0 Å². The molecule has 0 saturated heterocycles. The van der Waals surface area contributed by atoms with E-state index in [0.29, 0.717) is 18.0 Å². The summed E-state index contributed by atoms with van der Waals surface area (Å²) in [5.41, 5.74) is 2.81. The normalized spacial score (nSPS) is 12.3. The van der Waals surface area contributed by atoms with Crippen molar-refractivity contribution in [2.24, 2.45) is 0 Å². The number of rotatable bonds is 6. The number of aliphatic hydroxyl groups excluding tert-OH is 1. The molecule has 0 aliphatic carbocycles. The third-order valence-electron chi connectivity index (χ3n) is 3.83. The standard InChI is InChI=1S/C18H21N5O2/c1-12-8-13(2)23-18(20-12)21-16(22-23)10-17(25)19-11-15(24)9-14-6-4-3-5-7-14/h3-8,15,24H,9-11H2,1-2H3,(H,19,25). The summed E-state index contributed by atoms with van der Waals surface area (Å²) in [6.45, 7) is 4.00. The van der Waals surface area contributed by atoms with Gasteiger partial charge in [-0.15, -0.1) is 5.10 Å². The van der Waals surface area contributed by atoms with Crippen LogP contribution in [0, 0.1) is 13.8 Å². The average molecular weight is 339 g/mol. The largest absolute Gasteiger partial charge is 0.391 e. The van der Waals surface area contributed by atoms with Crippen LogP contribution in [-0.2, 0) is 17.6 Å². The number of carbonyl (C=O) groups is 1. The molecule has 0 saturated carbocycles. The molecule has 3 aromatic rings. The van der Waals surface area contributed by atoms with Crippen molar-refractivity contribution in [3.05, 3.63) is 59.2 Å². The fraction of sp³-hybridized carbons (Fsp3) is 0.333. The second-order valence-electron chi connectivity index (χ2n) is 6.10. The molecule has 7 nitrogen and oxygen atoms in total. The molecule has 2 aromatic heterocycles. The third kappa shape index (κ3) is 4.39. The lowest BCUT2D eigenvalue weighted by Gasteiger charge is -2.11.